The quantitative estimate of drug-likeness (QED) is 0.597. The van der Waals surface area contributed by atoms with E-state index in [-0.39, 0.29) is 10.8 Å². The Labute approximate surface area is 177 Å². The van der Waals surface area contributed by atoms with Crippen molar-refractivity contribution in [3.63, 3.8) is 0 Å². The van der Waals surface area contributed by atoms with Gasteiger partial charge < -0.3 is 9.64 Å². The zero-order valence-corrected chi connectivity index (χ0v) is 18.2. The molecule has 0 aliphatic carbocycles. The first kappa shape index (κ1) is 21.4. The Hall–Kier alpha value is -3.32. The predicted molar refractivity (Wildman–Crippen MR) is 119 cm³/mol. The van der Waals surface area contributed by atoms with E-state index in [2.05, 4.69) is 0 Å². The molecule has 0 aromatic heterocycles. The summed E-state index contributed by atoms with van der Waals surface area (Å²) in [5.74, 6) is 0.349. The summed E-state index contributed by atoms with van der Waals surface area (Å²) in [5.41, 5.74) is 2.34. The molecule has 0 heterocycles. The third-order valence-electron chi connectivity index (χ3n) is 4.96. The molecular formula is C23H24N2O4S. The number of aryl methyl sites for hydroxylation is 1. The first-order valence-corrected chi connectivity index (χ1v) is 10.8. The molecule has 0 spiro atoms. The third-order valence-corrected chi connectivity index (χ3v) is 6.75. The number of nitrogens with zero attached hydrogens (tertiary/aromatic N) is 2. The maximum Gasteiger partial charge on any atom is 0.264 e. The summed E-state index contributed by atoms with van der Waals surface area (Å²) in [4.78, 5) is 14.6. The first-order valence-electron chi connectivity index (χ1n) is 9.32. The Balaban J connectivity index is 1.95. The number of ether oxygens (including phenoxy) is 1. The van der Waals surface area contributed by atoms with Gasteiger partial charge in [-0.3, -0.25) is 9.10 Å². The van der Waals surface area contributed by atoms with Crippen LogP contribution in [0.25, 0.3) is 0 Å². The van der Waals surface area contributed by atoms with E-state index in [1.807, 2.05) is 37.3 Å². The van der Waals surface area contributed by atoms with Crippen LogP contribution >= 0.6 is 0 Å². The van der Waals surface area contributed by atoms with Gasteiger partial charge in [0.25, 0.3) is 15.9 Å². The van der Waals surface area contributed by atoms with E-state index in [1.165, 1.54) is 35.5 Å². The summed E-state index contributed by atoms with van der Waals surface area (Å²) in [7, 11) is 0.893. The number of carbonyl (C=O) groups excluding carboxylic acids is 1. The molecule has 0 bridgehead atoms. The highest BCUT2D eigenvalue weighted by molar-refractivity contribution is 7.92. The predicted octanol–water partition coefficient (Wildman–Crippen LogP) is 4.11. The van der Waals surface area contributed by atoms with Gasteiger partial charge in [-0.2, -0.15) is 0 Å². The number of anilines is 2. The van der Waals surface area contributed by atoms with Gasteiger partial charge >= 0.3 is 0 Å². The second-order valence-electron chi connectivity index (χ2n) is 6.85. The molecule has 0 atom stereocenters. The Kier molecular flexibility index (Phi) is 6.12. The topological polar surface area (TPSA) is 66.9 Å². The lowest BCUT2D eigenvalue weighted by Gasteiger charge is -2.23. The van der Waals surface area contributed by atoms with E-state index in [9.17, 15) is 13.2 Å². The van der Waals surface area contributed by atoms with Crippen molar-refractivity contribution in [2.24, 2.45) is 0 Å². The normalized spacial score (nSPS) is 11.1. The number of hydrogen-bond acceptors (Lipinski definition) is 4. The molecule has 3 aromatic rings. The van der Waals surface area contributed by atoms with Crippen LogP contribution in [0.2, 0.25) is 0 Å². The van der Waals surface area contributed by atoms with Crippen molar-refractivity contribution in [2.45, 2.75) is 11.8 Å². The first-order chi connectivity index (χ1) is 14.3. The molecular weight excluding hydrogens is 400 g/mol. The van der Waals surface area contributed by atoms with Gasteiger partial charge in [0.1, 0.15) is 5.75 Å². The molecule has 0 aliphatic rings. The molecule has 30 heavy (non-hydrogen) atoms. The smallest absolute Gasteiger partial charge is 0.264 e. The van der Waals surface area contributed by atoms with Crippen LogP contribution in [0, 0.1) is 6.92 Å². The zero-order valence-electron chi connectivity index (χ0n) is 17.4. The number of amides is 1. The lowest BCUT2D eigenvalue weighted by molar-refractivity contribution is 0.0993. The van der Waals surface area contributed by atoms with Crippen LogP contribution in [0.1, 0.15) is 15.9 Å². The molecule has 3 rings (SSSR count). The maximum atomic E-state index is 13.1. The molecule has 0 N–H and O–H groups in total. The number of benzene rings is 3. The van der Waals surface area contributed by atoms with Crippen molar-refractivity contribution >= 4 is 27.3 Å². The minimum atomic E-state index is -3.80. The van der Waals surface area contributed by atoms with E-state index in [0.29, 0.717) is 17.0 Å². The molecule has 0 saturated heterocycles. The standard InChI is InChI=1S/C23H24N2O4S/c1-17-10-11-18(23(26)24(2)19-8-6-5-7-9-19)16-22(17)25(3)30(27,28)21-14-12-20(29-4)13-15-21/h5-16H,1-4H3. The van der Waals surface area contributed by atoms with E-state index in [1.54, 1.807) is 37.4 Å². The molecule has 7 heteroatoms. The molecule has 156 valence electrons. The minimum Gasteiger partial charge on any atom is -0.497 e. The second-order valence-corrected chi connectivity index (χ2v) is 8.82. The van der Waals surface area contributed by atoms with Crippen molar-refractivity contribution < 1.29 is 17.9 Å². The van der Waals surface area contributed by atoms with Crippen molar-refractivity contribution in [1.82, 2.24) is 0 Å². The van der Waals surface area contributed by atoms with Gasteiger partial charge in [-0.25, -0.2) is 8.42 Å². The Bertz CT molecular complexity index is 1140. The highest BCUT2D eigenvalue weighted by Gasteiger charge is 2.24. The van der Waals surface area contributed by atoms with Gasteiger partial charge in [-0.1, -0.05) is 24.3 Å². The van der Waals surface area contributed by atoms with Crippen LogP contribution < -0.4 is 13.9 Å². The third kappa shape index (κ3) is 4.16. The summed E-state index contributed by atoms with van der Waals surface area (Å²) < 4.78 is 32.5. The fourth-order valence-corrected chi connectivity index (χ4v) is 4.33. The Morgan fingerprint density at radius 1 is 0.900 bits per heavy atom. The summed E-state index contributed by atoms with van der Waals surface area (Å²) in [5, 5.41) is 0. The molecule has 0 unspecified atom stereocenters. The monoisotopic (exact) mass is 424 g/mol. The summed E-state index contributed by atoms with van der Waals surface area (Å²) in [6.07, 6.45) is 0. The van der Waals surface area contributed by atoms with Gasteiger partial charge in [0.2, 0.25) is 0 Å². The van der Waals surface area contributed by atoms with Crippen LogP contribution in [-0.2, 0) is 10.0 Å². The van der Waals surface area contributed by atoms with Gasteiger partial charge in [0.05, 0.1) is 17.7 Å². The maximum absolute atomic E-state index is 13.1. The van der Waals surface area contributed by atoms with Crippen LogP contribution in [0.15, 0.2) is 77.7 Å². The van der Waals surface area contributed by atoms with Crippen molar-refractivity contribution in [3.05, 3.63) is 83.9 Å². The molecule has 3 aromatic carbocycles. The SMILES string of the molecule is COc1ccc(S(=O)(=O)N(C)c2cc(C(=O)N(C)c3ccccc3)ccc2C)cc1. The Morgan fingerprint density at radius 3 is 2.13 bits per heavy atom. The number of methoxy groups -OCH3 is 1. The highest BCUT2D eigenvalue weighted by Crippen LogP contribution is 2.28. The van der Waals surface area contributed by atoms with Gasteiger partial charge in [0, 0.05) is 25.3 Å². The summed E-state index contributed by atoms with van der Waals surface area (Å²) in [6, 6.07) is 20.5. The minimum absolute atomic E-state index is 0.142. The van der Waals surface area contributed by atoms with Crippen molar-refractivity contribution in [3.8, 4) is 5.75 Å². The Morgan fingerprint density at radius 2 is 1.53 bits per heavy atom. The average Bonchev–Trinajstić information content (AvgIpc) is 2.78. The number of rotatable bonds is 6. The lowest BCUT2D eigenvalue weighted by Crippen LogP contribution is -2.29. The fraction of sp³-hybridized carbons (Fsp3) is 0.174. The summed E-state index contributed by atoms with van der Waals surface area (Å²) in [6.45, 7) is 1.81. The van der Waals surface area contributed by atoms with E-state index in [0.717, 1.165) is 11.3 Å². The van der Waals surface area contributed by atoms with Crippen LogP contribution in [0.4, 0.5) is 11.4 Å². The average molecular weight is 425 g/mol. The number of para-hydroxylation sites is 1. The molecule has 1 amide bonds. The zero-order chi connectivity index (χ0) is 21.9. The molecule has 0 radical (unpaired) electrons. The van der Waals surface area contributed by atoms with Gasteiger partial charge in [0.15, 0.2) is 0 Å². The van der Waals surface area contributed by atoms with E-state index < -0.39 is 10.0 Å². The van der Waals surface area contributed by atoms with Crippen molar-refractivity contribution in [1.29, 1.82) is 0 Å². The fourth-order valence-electron chi connectivity index (χ4n) is 3.08. The molecule has 0 saturated carbocycles. The van der Waals surface area contributed by atoms with Crippen molar-refractivity contribution in [2.75, 3.05) is 30.4 Å². The number of hydrogen-bond donors (Lipinski definition) is 0. The van der Waals surface area contributed by atoms with E-state index in [4.69, 9.17) is 4.74 Å². The van der Waals surface area contributed by atoms with Gasteiger partial charge in [-0.15, -0.1) is 0 Å². The lowest BCUT2D eigenvalue weighted by atomic mass is 10.1. The number of carbonyl (C=O) groups is 1. The highest BCUT2D eigenvalue weighted by atomic mass is 32.2. The van der Waals surface area contributed by atoms with Gasteiger partial charge in [-0.05, 0) is 61.0 Å². The van der Waals surface area contributed by atoms with Crippen LogP contribution in [0.3, 0.4) is 0 Å². The largest absolute Gasteiger partial charge is 0.497 e. The number of sulfonamides is 1. The molecule has 0 fully saturated rings. The summed E-state index contributed by atoms with van der Waals surface area (Å²) >= 11 is 0. The molecule has 0 aliphatic heterocycles. The van der Waals surface area contributed by atoms with Crippen LogP contribution in [0.5, 0.6) is 5.75 Å². The second kappa shape index (κ2) is 8.59. The van der Waals surface area contributed by atoms with Crippen LogP contribution in [-0.4, -0.2) is 35.5 Å². The molecule has 6 nitrogen and oxygen atoms in total. The van der Waals surface area contributed by atoms with E-state index >= 15 is 0 Å².